The number of oxazole rings is 1. The topological polar surface area (TPSA) is 73.0 Å². The lowest BCUT2D eigenvalue weighted by Gasteiger charge is -2.08. The molecule has 0 aliphatic heterocycles. The number of benzene rings is 1. The van der Waals surface area contributed by atoms with Gasteiger partial charge in [-0.1, -0.05) is 0 Å². The minimum atomic E-state index is -0.308. The Hall–Kier alpha value is -2.89. The van der Waals surface area contributed by atoms with E-state index in [0.717, 1.165) is 17.1 Å². The van der Waals surface area contributed by atoms with Gasteiger partial charge in [0.1, 0.15) is 0 Å². The fraction of sp³-hybridized carbons (Fsp3) is 0.188. The van der Waals surface area contributed by atoms with Gasteiger partial charge in [0.2, 0.25) is 5.76 Å². The van der Waals surface area contributed by atoms with Crippen molar-refractivity contribution in [1.82, 2.24) is 14.5 Å². The van der Waals surface area contributed by atoms with Crippen molar-refractivity contribution in [2.24, 2.45) is 0 Å². The van der Waals surface area contributed by atoms with Crippen LogP contribution in [0.1, 0.15) is 27.6 Å². The molecule has 0 aliphatic rings. The maximum Gasteiger partial charge on any atom is 0.293 e. The molecule has 0 saturated heterocycles. The van der Waals surface area contributed by atoms with Crippen LogP contribution in [0.15, 0.2) is 41.4 Å². The minimum Gasteiger partial charge on any atom is -0.438 e. The Balaban J connectivity index is 1.79. The van der Waals surface area contributed by atoms with E-state index in [0.29, 0.717) is 11.4 Å². The molecule has 0 saturated carbocycles. The highest BCUT2D eigenvalue weighted by Crippen LogP contribution is 2.17. The predicted molar refractivity (Wildman–Crippen MR) is 82.2 cm³/mol. The zero-order valence-electron chi connectivity index (χ0n) is 12.6. The average molecular weight is 296 g/mol. The first-order chi connectivity index (χ1) is 10.6. The summed E-state index contributed by atoms with van der Waals surface area (Å²) in [7, 11) is 0. The molecule has 0 aliphatic carbocycles. The molecule has 0 unspecified atom stereocenters. The normalized spacial score (nSPS) is 10.7. The van der Waals surface area contributed by atoms with Crippen molar-refractivity contribution in [3.05, 3.63) is 59.8 Å². The van der Waals surface area contributed by atoms with Crippen LogP contribution >= 0.6 is 0 Å². The molecule has 2 heterocycles. The number of hydrogen-bond acceptors (Lipinski definition) is 4. The number of aromatic nitrogens is 3. The van der Waals surface area contributed by atoms with Crippen LogP contribution in [0.4, 0.5) is 5.69 Å². The second kappa shape index (κ2) is 5.48. The number of carbonyl (C=O) groups excluding carboxylic acids is 1. The maximum atomic E-state index is 12.0. The number of carbonyl (C=O) groups is 1. The van der Waals surface area contributed by atoms with E-state index < -0.39 is 0 Å². The quantitative estimate of drug-likeness (QED) is 0.806. The van der Waals surface area contributed by atoms with Crippen molar-refractivity contribution in [2.75, 3.05) is 5.32 Å². The Labute approximate surface area is 127 Å². The van der Waals surface area contributed by atoms with Crippen LogP contribution in [-0.2, 0) is 0 Å². The van der Waals surface area contributed by atoms with Crippen LogP contribution < -0.4 is 5.32 Å². The summed E-state index contributed by atoms with van der Waals surface area (Å²) >= 11 is 0. The second-order valence-corrected chi connectivity index (χ2v) is 5.05. The van der Waals surface area contributed by atoms with Crippen LogP contribution in [-0.4, -0.2) is 20.4 Å². The average Bonchev–Trinajstić information content (AvgIpc) is 3.07. The molecule has 6 heteroatoms. The molecular formula is C16H16N4O2. The summed E-state index contributed by atoms with van der Waals surface area (Å²) in [6.45, 7) is 5.72. The van der Waals surface area contributed by atoms with Crippen LogP contribution in [0.3, 0.4) is 0 Å². The summed E-state index contributed by atoms with van der Waals surface area (Å²) in [5, 5.41) is 2.79. The smallest absolute Gasteiger partial charge is 0.293 e. The maximum absolute atomic E-state index is 12.0. The van der Waals surface area contributed by atoms with Crippen molar-refractivity contribution >= 4 is 11.6 Å². The minimum absolute atomic E-state index is 0.227. The Morgan fingerprint density at radius 2 is 1.82 bits per heavy atom. The van der Waals surface area contributed by atoms with Crippen molar-refractivity contribution in [3.8, 4) is 5.69 Å². The van der Waals surface area contributed by atoms with Crippen molar-refractivity contribution in [2.45, 2.75) is 20.8 Å². The molecular weight excluding hydrogens is 280 g/mol. The molecule has 1 aromatic carbocycles. The Morgan fingerprint density at radius 1 is 1.09 bits per heavy atom. The van der Waals surface area contributed by atoms with Crippen LogP contribution in [0.2, 0.25) is 0 Å². The van der Waals surface area contributed by atoms with E-state index in [-0.39, 0.29) is 11.7 Å². The van der Waals surface area contributed by atoms with Gasteiger partial charge in [-0.25, -0.2) is 9.97 Å². The number of rotatable bonds is 3. The predicted octanol–water partition coefficient (Wildman–Crippen LogP) is 3.04. The number of anilines is 1. The number of nitrogens with zero attached hydrogens (tertiary/aromatic N) is 3. The second-order valence-electron chi connectivity index (χ2n) is 5.05. The van der Waals surface area contributed by atoms with Crippen molar-refractivity contribution in [1.29, 1.82) is 0 Å². The van der Waals surface area contributed by atoms with Gasteiger partial charge < -0.3 is 14.3 Å². The third-order valence-electron chi connectivity index (χ3n) is 3.61. The number of amides is 1. The molecule has 3 aromatic rings. The third-order valence-corrected chi connectivity index (χ3v) is 3.61. The summed E-state index contributed by atoms with van der Waals surface area (Å²) in [6.07, 6.45) is 3.05. The molecule has 22 heavy (non-hydrogen) atoms. The first-order valence-corrected chi connectivity index (χ1v) is 6.88. The standard InChI is InChI=1S/C16H16N4O2/c1-10-12(3)20(8-17-10)14-6-4-13(5-7-14)19-16(21)15-11(2)18-9-22-15/h4-9H,1-3H3,(H,19,21). The molecule has 112 valence electrons. The highest BCUT2D eigenvalue weighted by atomic mass is 16.3. The van der Waals surface area contributed by atoms with E-state index in [1.165, 1.54) is 6.39 Å². The third kappa shape index (κ3) is 2.50. The van der Waals surface area contributed by atoms with Gasteiger partial charge >= 0.3 is 0 Å². The molecule has 0 bridgehead atoms. The van der Waals surface area contributed by atoms with E-state index in [1.807, 2.05) is 42.7 Å². The largest absolute Gasteiger partial charge is 0.438 e. The van der Waals surface area contributed by atoms with Gasteiger partial charge in [-0.3, -0.25) is 4.79 Å². The molecule has 1 amide bonds. The van der Waals surface area contributed by atoms with Crippen LogP contribution in [0.25, 0.3) is 5.69 Å². The van der Waals surface area contributed by atoms with E-state index in [9.17, 15) is 4.79 Å². The molecule has 0 atom stereocenters. The SMILES string of the molecule is Cc1ncoc1C(=O)Nc1ccc(-n2cnc(C)c2C)cc1. The van der Waals surface area contributed by atoms with Gasteiger partial charge in [0.25, 0.3) is 5.91 Å². The van der Waals surface area contributed by atoms with Crippen LogP contribution in [0.5, 0.6) is 0 Å². The Bertz CT molecular complexity index is 815. The molecule has 0 radical (unpaired) electrons. The van der Waals surface area contributed by atoms with E-state index in [1.54, 1.807) is 13.3 Å². The molecule has 0 spiro atoms. The number of imidazole rings is 1. The van der Waals surface area contributed by atoms with Crippen molar-refractivity contribution in [3.63, 3.8) is 0 Å². The molecule has 2 aromatic heterocycles. The van der Waals surface area contributed by atoms with Gasteiger partial charge in [0, 0.05) is 17.1 Å². The Morgan fingerprint density at radius 3 is 2.36 bits per heavy atom. The fourth-order valence-corrected chi connectivity index (χ4v) is 2.17. The van der Waals surface area contributed by atoms with Gasteiger partial charge in [0.05, 0.1) is 17.7 Å². The van der Waals surface area contributed by atoms with Gasteiger partial charge in [-0.05, 0) is 45.0 Å². The summed E-state index contributed by atoms with van der Waals surface area (Å²) in [5.74, 6) is -0.0810. The van der Waals surface area contributed by atoms with Gasteiger partial charge in [0.15, 0.2) is 6.39 Å². The van der Waals surface area contributed by atoms with E-state index in [2.05, 4.69) is 15.3 Å². The zero-order valence-corrected chi connectivity index (χ0v) is 12.6. The van der Waals surface area contributed by atoms with Crippen LogP contribution in [0, 0.1) is 20.8 Å². The summed E-state index contributed by atoms with van der Waals surface area (Å²) in [4.78, 5) is 20.2. The summed E-state index contributed by atoms with van der Waals surface area (Å²) in [6, 6.07) is 7.54. The lowest BCUT2D eigenvalue weighted by molar-refractivity contribution is 0.0996. The van der Waals surface area contributed by atoms with E-state index >= 15 is 0 Å². The highest BCUT2D eigenvalue weighted by Gasteiger charge is 2.14. The van der Waals surface area contributed by atoms with E-state index in [4.69, 9.17) is 4.42 Å². The fourth-order valence-electron chi connectivity index (χ4n) is 2.17. The number of nitrogens with one attached hydrogen (secondary N) is 1. The number of hydrogen-bond donors (Lipinski definition) is 1. The monoisotopic (exact) mass is 296 g/mol. The molecule has 1 N–H and O–H groups in total. The first-order valence-electron chi connectivity index (χ1n) is 6.88. The zero-order chi connectivity index (χ0) is 15.7. The lowest BCUT2D eigenvalue weighted by atomic mass is 10.2. The van der Waals surface area contributed by atoms with Crippen molar-refractivity contribution < 1.29 is 9.21 Å². The summed E-state index contributed by atoms with van der Waals surface area (Å²) in [5.41, 5.74) is 4.34. The summed E-state index contributed by atoms with van der Waals surface area (Å²) < 4.78 is 7.08. The molecule has 6 nitrogen and oxygen atoms in total. The lowest BCUT2D eigenvalue weighted by Crippen LogP contribution is -2.12. The first kappa shape index (κ1) is 14.1. The Kier molecular flexibility index (Phi) is 3.50. The molecule has 0 fully saturated rings. The number of aryl methyl sites for hydroxylation is 2. The molecule has 3 rings (SSSR count). The van der Waals surface area contributed by atoms with Gasteiger partial charge in [-0.15, -0.1) is 0 Å². The van der Waals surface area contributed by atoms with Gasteiger partial charge in [-0.2, -0.15) is 0 Å². The highest BCUT2D eigenvalue weighted by molar-refractivity contribution is 6.02.